The zero-order valence-electron chi connectivity index (χ0n) is 11.1. The van der Waals surface area contributed by atoms with Crippen LogP contribution < -0.4 is 5.32 Å². The standard InChI is InChI=1S/C13H18ClN3O2/c1-3-17(4-2)12(18)6-8-16-13(19)10-5-7-15-11(14)9-10/h5,7,9H,3-4,6,8H2,1-2H3,(H,16,19). The van der Waals surface area contributed by atoms with Gasteiger partial charge in [0.1, 0.15) is 5.15 Å². The van der Waals surface area contributed by atoms with E-state index in [-0.39, 0.29) is 17.0 Å². The van der Waals surface area contributed by atoms with E-state index in [1.807, 2.05) is 13.8 Å². The zero-order valence-corrected chi connectivity index (χ0v) is 11.9. The van der Waals surface area contributed by atoms with Gasteiger partial charge in [-0.05, 0) is 26.0 Å². The summed E-state index contributed by atoms with van der Waals surface area (Å²) in [7, 11) is 0. The molecular weight excluding hydrogens is 266 g/mol. The van der Waals surface area contributed by atoms with Crippen LogP contribution in [0.25, 0.3) is 0 Å². The van der Waals surface area contributed by atoms with Gasteiger partial charge in [0.25, 0.3) is 5.91 Å². The molecule has 1 N–H and O–H groups in total. The number of pyridine rings is 1. The van der Waals surface area contributed by atoms with Crippen molar-refractivity contribution in [2.75, 3.05) is 19.6 Å². The summed E-state index contributed by atoms with van der Waals surface area (Å²) in [4.78, 5) is 29.0. The van der Waals surface area contributed by atoms with Crippen molar-refractivity contribution in [1.82, 2.24) is 15.2 Å². The van der Waals surface area contributed by atoms with E-state index in [4.69, 9.17) is 11.6 Å². The Hall–Kier alpha value is -1.62. The van der Waals surface area contributed by atoms with Crippen LogP contribution in [0.2, 0.25) is 5.15 Å². The van der Waals surface area contributed by atoms with Gasteiger partial charge in [-0.15, -0.1) is 0 Å². The van der Waals surface area contributed by atoms with Crippen LogP contribution in [0.3, 0.4) is 0 Å². The maximum absolute atomic E-state index is 11.8. The molecular formula is C13H18ClN3O2. The lowest BCUT2D eigenvalue weighted by molar-refractivity contribution is -0.130. The van der Waals surface area contributed by atoms with E-state index < -0.39 is 0 Å². The lowest BCUT2D eigenvalue weighted by Crippen LogP contribution is -2.34. The van der Waals surface area contributed by atoms with Gasteiger partial charge in [-0.1, -0.05) is 11.6 Å². The molecule has 0 spiro atoms. The monoisotopic (exact) mass is 283 g/mol. The number of hydrogen-bond donors (Lipinski definition) is 1. The van der Waals surface area contributed by atoms with Gasteiger partial charge in [-0.25, -0.2) is 4.98 Å². The number of nitrogens with zero attached hydrogens (tertiary/aromatic N) is 2. The van der Waals surface area contributed by atoms with Crippen LogP contribution in [0.15, 0.2) is 18.3 Å². The largest absolute Gasteiger partial charge is 0.352 e. The van der Waals surface area contributed by atoms with Crippen molar-refractivity contribution in [1.29, 1.82) is 0 Å². The number of rotatable bonds is 6. The van der Waals surface area contributed by atoms with Crippen molar-refractivity contribution in [3.63, 3.8) is 0 Å². The van der Waals surface area contributed by atoms with Crippen LogP contribution >= 0.6 is 11.6 Å². The number of carbonyl (C=O) groups excluding carboxylic acids is 2. The smallest absolute Gasteiger partial charge is 0.251 e. The molecule has 0 radical (unpaired) electrons. The summed E-state index contributed by atoms with van der Waals surface area (Å²) in [5, 5.41) is 2.96. The molecule has 0 bridgehead atoms. The predicted octanol–water partition coefficient (Wildman–Crippen LogP) is 1.72. The topological polar surface area (TPSA) is 62.3 Å². The van der Waals surface area contributed by atoms with Gasteiger partial charge in [0.05, 0.1) is 0 Å². The second kappa shape index (κ2) is 7.74. The van der Waals surface area contributed by atoms with Crippen molar-refractivity contribution in [3.05, 3.63) is 29.0 Å². The van der Waals surface area contributed by atoms with E-state index in [0.717, 1.165) is 0 Å². The summed E-state index contributed by atoms with van der Waals surface area (Å²) < 4.78 is 0. The van der Waals surface area contributed by atoms with Crippen molar-refractivity contribution in [3.8, 4) is 0 Å². The third-order valence-corrected chi connectivity index (χ3v) is 2.94. The SMILES string of the molecule is CCN(CC)C(=O)CCNC(=O)c1ccnc(Cl)c1. The lowest BCUT2D eigenvalue weighted by atomic mass is 10.2. The van der Waals surface area contributed by atoms with Crippen LogP contribution in [-0.2, 0) is 4.79 Å². The van der Waals surface area contributed by atoms with Gasteiger partial charge in [0.15, 0.2) is 0 Å². The van der Waals surface area contributed by atoms with Gasteiger partial charge >= 0.3 is 0 Å². The summed E-state index contributed by atoms with van der Waals surface area (Å²) >= 11 is 5.70. The molecule has 0 aliphatic carbocycles. The second-order valence-electron chi connectivity index (χ2n) is 3.94. The minimum Gasteiger partial charge on any atom is -0.352 e. The van der Waals surface area contributed by atoms with Crippen LogP contribution in [-0.4, -0.2) is 41.3 Å². The van der Waals surface area contributed by atoms with E-state index >= 15 is 0 Å². The number of aromatic nitrogens is 1. The fraction of sp³-hybridized carbons (Fsp3) is 0.462. The normalized spacial score (nSPS) is 10.1. The highest BCUT2D eigenvalue weighted by Gasteiger charge is 2.10. The first-order valence-corrected chi connectivity index (χ1v) is 6.63. The minimum absolute atomic E-state index is 0.0399. The summed E-state index contributed by atoms with van der Waals surface area (Å²) in [6, 6.07) is 3.07. The van der Waals surface area contributed by atoms with E-state index in [2.05, 4.69) is 10.3 Å². The van der Waals surface area contributed by atoms with Crippen molar-refractivity contribution in [2.24, 2.45) is 0 Å². The van der Waals surface area contributed by atoms with Crippen molar-refractivity contribution in [2.45, 2.75) is 20.3 Å². The highest BCUT2D eigenvalue weighted by Crippen LogP contribution is 2.06. The number of carbonyl (C=O) groups is 2. The Bertz CT molecular complexity index is 447. The molecule has 1 aromatic heterocycles. The Labute approximate surface area is 118 Å². The minimum atomic E-state index is -0.253. The number of nitrogens with one attached hydrogen (secondary N) is 1. The molecule has 0 aliphatic heterocycles. The van der Waals surface area contributed by atoms with Crippen LogP contribution in [0.1, 0.15) is 30.6 Å². The fourth-order valence-corrected chi connectivity index (χ4v) is 1.84. The molecule has 0 aromatic carbocycles. The van der Waals surface area contributed by atoms with Gasteiger partial charge in [0.2, 0.25) is 5.91 Å². The number of hydrogen-bond acceptors (Lipinski definition) is 3. The summed E-state index contributed by atoms with van der Waals surface area (Å²) in [6.07, 6.45) is 1.77. The molecule has 19 heavy (non-hydrogen) atoms. The quantitative estimate of drug-likeness (QED) is 0.809. The van der Waals surface area contributed by atoms with Gasteiger partial charge < -0.3 is 10.2 Å². The second-order valence-corrected chi connectivity index (χ2v) is 4.33. The molecule has 1 heterocycles. The van der Waals surface area contributed by atoms with E-state index in [1.54, 1.807) is 11.0 Å². The molecule has 2 amide bonds. The Morgan fingerprint density at radius 2 is 2.05 bits per heavy atom. The average Bonchev–Trinajstić information content (AvgIpc) is 2.40. The molecule has 1 rings (SSSR count). The fourth-order valence-electron chi connectivity index (χ4n) is 1.66. The highest BCUT2D eigenvalue weighted by atomic mass is 35.5. The summed E-state index contributed by atoms with van der Waals surface area (Å²) in [5.41, 5.74) is 0.440. The molecule has 0 saturated carbocycles. The maximum atomic E-state index is 11.8. The Morgan fingerprint density at radius 1 is 1.37 bits per heavy atom. The third kappa shape index (κ3) is 4.87. The van der Waals surface area contributed by atoms with Crippen LogP contribution in [0, 0.1) is 0 Å². The molecule has 104 valence electrons. The summed E-state index contributed by atoms with van der Waals surface area (Å²) in [6.45, 7) is 5.54. The Kier molecular flexibility index (Phi) is 6.29. The molecule has 0 saturated heterocycles. The van der Waals surface area contributed by atoms with Crippen molar-refractivity contribution >= 4 is 23.4 Å². The molecule has 0 aliphatic rings. The first kappa shape index (κ1) is 15.4. The van der Waals surface area contributed by atoms with Crippen LogP contribution in [0.4, 0.5) is 0 Å². The third-order valence-electron chi connectivity index (χ3n) is 2.73. The lowest BCUT2D eigenvalue weighted by Gasteiger charge is -2.18. The molecule has 0 unspecified atom stereocenters. The Balaban J connectivity index is 2.41. The first-order valence-electron chi connectivity index (χ1n) is 6.26. The van der Waals surface area contributed by atoms with E-state index in [0.29, 0.717) is 31.6 Å². The van der Waals surface area contributed by atoms with Gasteiger partial charge in [-0.3, -0.25) is 9.59 Å². The first-order chi connectivity index (χ1) is 9.08. The molecule has 5 nitrogen and oxygen atoms in total. The molecule has 0 atom stereocenters. The van der Waals surface area contributed by atoms with Crippen molar-refractivity contribution < 1.29 is 9.59 Å². The van der Waals surface area contributed by atoms with Crippen LogP contribution in [0.5, 0.6) is 0 Å². The maximum Gasteiger partial charge on any atom is 0.251 e. The summed E-state index contributed by atoms with van der Waals surface area (Å²) in [5.74, 6) is -0.213. The number of halogens is 1. The molecule has 0 fully saturated rings. The average molecular weight is 284 g/mol. The van der Waals surface area contributed by atoms with Gasteiger partial charge in [0, 0.05) is 37.8 Å². The molecule has 1 aromatic rings. The highest BCUT2D eigenvalue weighted by molar-refractivity contribution is 6.29. The number of amides is 2. The molecule has 6 heteroatoms. The van der Waals surface area contributed by atoms with E-state index in [1.165, 1.54) is 12.3 Å². The predicted molar refractivity (Wildman–Crippen MR) is 74.1 cm³/mol. The zero-order chi connectivity index (χ0) is 14.3. The van der Waals surface area contributed by atoms with Gasteiger partial charge in [-0.2, -0.15) is 0 Å². The Morgan fingerprint density at radius 3 is 2.63 bits per heavy atom. The van der Waals surface area contributed by atoms with E-state index in [9.17, 15) is 9.59 Å².